The van der Waals surface area contributed by atoms with E-state index in [-0.39, 0.29) is 5.56 Å². The maximum atomic E-state index is 13.7. The van der Waals surface area contributed by atoms with Crippen molar-refractivity contribution in [3.63, 3.8) is 0 Å². The third kappa shape index (κ3) is 4.06. The largest absolute Gasteiger partial charge is 0.359 e. The minimum absolute atomic E-state index is 0.0239. The zero-order valence-corrected chi connectivity index (χ0v) is 16.6. The number of aliphatic imine (C=N–C) groups is 1. The Labute approximate surface area is 165 Å². The van der Waals surface area contributed by atoms with Crippen LogP contribution in [0.25, 0.3) is 11.3 Å². The van der Waals surface area contributed by atoms with Crippen LogP contribution >= 0.6 is 0 Å². The zero-order valence-electron chi connectivity index (χ0n) is 16.6. The fourth-order valence-electron chi connectivity index (χ4n) is 3.32. The number of hydrogen-bond donors (Lipinski definition) is 0. The van der Waals surface area contributed by atoms with E-state index < -0.39 is 5.92 Å². The zero-order chi connectivity index (χ0) is 20.3. The molecule has 28 heavy (non-hydrogen) atoms. The van der Waals surface area contributed by atoms with Gasteiger partial charge in [0.15, 0.2) is 5.82 Å². The summed E-state index contributed by atoms with van der Waals surface area (Å²) in [5.74, 6) is -1.32. The Morgan fingerprint density at radius 3 is 2.64 bits per heavy atom. The van der Waals surface area contributed by atoms with Gasteiger partial charge in [0.25, 0.3) is 5.92 Å². The molecule has 1 aromatic heterocycles. The Kier molecular flexibility index (Phi) is 5.77. The van der Waals surface area contributed by atoms with E-state index in [4.69, 9.17) is 4.98 Å². The Morgan fingerprint density at radius 2 is 1.96 bits per heavy atom. The minimum Gasteiger partial charge on any atom is -0.359 e. The minimum atomic E-state index is -2.89. The predicted molar refractivity (Wildman–Crippen MR) is 111 cm³/mol. The summed E-state index contributed by atoms with van der Waals surface area (Å²) in [6, 6.07) is 10.1. The number of hydrogen-bond acceptors (Lipinski definition) is 4. The number of alkyl halides is 2. The molecule has 0 radical (unpaired) electrons. The molecule has 3 rings (SSSR count). The Balaban J connectivity index is 2.05. The van der Waals surface area contributed by atoms with Crippen LogP contribution in [0, 0.1) is 0 Å². The number of rotatable bonds is 6. The van der Waals surface area contributed by atoms with Gasteiger partial charge in [0.1, 0.15) is 11.5 Å². The van der Waals surface area contributed by atoms with Gasteiger partial charge in [-0.1, -0.05) is 24.8 Å². The van der Waals surface area contributed by atoms with Crippen molar-refractivity contribution in [1.29, 1.82) is 0 Å². The molecule has 0 N–H and O–H groups in total. The van der Waals surface area contributed by atoms with Gasteiger partial charge >= 0.3 is 0 Å². The van der Waals surface area contributed by atoms with Crippen LogP contribution in [-0.4, -0.2) is 35.7 Å². The van der Waals surface area contributed by atoms with Crippen LogP contribution in [0.2, 0.25) is 0 Å². The van der Waals surface area contributed by atoms with Crippen LogP contribution < -0.4 is 4.90 Å². The second kappa shape index (κ2) is 8.09. The van der Waals surface area contributed by atoms with Gasteiger partial charge in [-0.15, -0.1) is 0 Å². The highest BCUT2D eigenvalue weighted by molar-refractivity contribution is 5.77. The van der Waals surface area contributed by atoms with Crippen molar-refractivity contribution in [1.82, 2.24) is 9.88 Å². The van der Waals surface area contributed by atoms with Gasteiger partial charge in [-0.05, 0) is 32.0 Å². The first-order valence-electron chi connectivity index (χ1n) is 9.58. The molecule has 0 saturated heterocycles. The van der Waals surface area contributed by atoms with Crippen molar-refractivity contribution in [2.45, 2.75) is 33.1 Å². The highest BCUT2D eigenvalue weighted by Crippen LogP contribution is 2.35. The molecule has 0 aliphatic carbocycles. The maximum Gasteiger partial charge on any atom is 0.270 e. The van der Waals surface area contributed by atoms with Crippen LogP contribution in [-0.2, 0) is 5.92 Å². The second-order valence-electron chi connectivity index (χ2n) is 6.85. The number of anilines is 1. The van der Waals surface area contributed by atoms with Crippen molar-refractivity contribution in [2.24, 2.45) is 4.99 Å². The summed E-state index contributed by atoms with van der Waals surface area (Å²) in [7, 11) is 0. The Bertz CT molecular complexity index is 882. The summed E-state index contributed by atoms with van der Waals surface area (Å²) >= 11 is 0. The first-order valence-corrected chi connectivity index (χ1v) is 9.58. The SMILES string of the molecule is C=C(N(CC)CC)N1CCC=Nc2ccc(-c3cccc(C(C)(F)F)c3)nc21. The first-order chi connectivity index (χ1) is 13.3. The van der Waals surface area contributed by atoms with Gasteiger partial charge in [0, 0.05) is 50.3 Å². The van der Waals surface area contributed by atoms with Gasteiger partial charge in [-0.25, -0.2) is 13.8 Å². The second-order valence-corrected chi connectivity index (χ2v) is 6.85. The topological polar surface area (TPSA) is 31.7 Å². The molecular formula is C22H26F2N4. The van der Waals surface area contributed by atoms with E-state index in [0.29, 0.717) is 17.1 Å². The lowest BCUT2D eigenvalue weighted by atomic mass is 10.0. The van der Waals surface area contributed by atoms with Gasteiger partial charge in [-0.2, -0.15) is 0 Å². The van der Waals surface area contributed by atoms with Crippen molar-refractivity contribution in [2.75, 3.05) is 24.5 Å². The Morgan fingerprint density at radius 1 is 1.21 bits per heavy atom. The molecule has 1 aliphatic rings. The third-order valence-corrected chi connectivity index (χ3v) is 4.93. The lowest BCUT2D eigenvalue weighted by Crippen LogP contribution is -2.35. The van der Waals surface area contributed by atoms with E-state index in [1.54, 1.807) is 12.1 Å². The Hall–Kier alpha value is -2.76. The van der Waals surface area contributed by atoms with Crippen LogP contribution in [0.15, 0.2) is 53.8 Å². The van der Waals surface area contributed by atoms with Crippen LogP contribution in [0.1, 0.15) is 32.8 Å². The van der Waals surface area contributed by atoms with Crippen molar-refractivity contribution in [3.8, 4) is 11.3 Å². The molecule has 148 valence electrons. The van der Waals surface area contributed by atoms with Crippen LogP contribution in [0.4, 0.5) is 20.3 Å². The standard InChI is InChI=1S/C22H26F2N4/c1-5-27(6-2)16(3)28-14-8-13-25-20-12-11-19(26-21(20)28)17-9-7-10-18(15-17)22(4,23)24/h7,9-13,15H,3,5-6,8,14H2,1-2,4H3. The number of fused-ring (bicyclic) bond motifs is 1. The maximum absolute atomic E-state index is 13.7. The molecule has 0 saturated carbocycles. The van der Waals surface area contributed by atoms with E-state index in [9.17, 15) is 8.78 Å². The smallest absolute Gasteiger partial charge is 0.270 e. The summed E-state index contributed by atoms with van der Waals surface area (Å²) in [6.45, 7) is 11.7. The molecule has 1 aromatic carbocycles. The van der Waals surface area contributed by atoms with Crippen LogP contribution in [0.5, 0.6) is 0 Å². The summed E-state index contributed by atoms with van der Waals surface area (Å²) in [5, 5.41) is 0. The van der Waals surface area contributed by atoms with Crippen LogP contribution in [0.3, 0.4) is 0 Å². The molecule has 2 aromatic rings. The van der Waals surface area contributed by atoms with E-state index in [2.05, 4.69) is 35.2 Å². The predicted octanol–water partition coefficient (Wildman–Crippen LogP) is 5.59. The molecule has 0 atom stereocenters. The monoisotopic (exact) mass is 384 g/mol. The van der Waals surface area contributed by atoms with Gasteiger partial charge in [-0.3, -0.25) is 4.99 Å². The lowest BCUT2D eigenvalue weighted by molar-refractivity contribution is 0.0175. The number of benzene rings is 1. The molecule has 6 heteroatoms. The van der Waals surface area contributed by atoms with Gasteiger partial charge in [0.05, 0.1) is 5.69 Å². The molecule has 2 heterocycles. The summed E-state index contributed by atoms with van der Waals surface area (Å²) in [4.78, 5) is 13.5. The summed E-state index contributed by atoms with van der Waals surface area (Å²) < 4.78 is 27.5. The lowest BCUT2D eigenvalue weighted by Gasteiger charge is -2.33. The number of pyridine rings is 1. The van der Waals surface area contributed by atoms with Gasteiger partial charge < -0.3 is 9.80 Å². The molecule has 0 spiro atoms. The highest BCUT2D eigenvalue weighted by Gasteiger charge is 2.25. The summed E-state index contributed by atoms with van der Waals surface area (Å²) in [5.41, 5.74) is 2.03. The first kappa shape index (κ1) is 20.0. The fourth-order valence-corrected chi connectivity index (χ4v) is 3.32. The third-order valence-electron chi connectivity index (χ3n) is 4.93. The normalized spacial score (nSPS) is 13.8. The van der Waals surface area contributed by atoms with E-state index in [1.165, 1.54) is 12.1 Å². The fraction of sp³-hybridized carbons (Fsp3) is 0.364. The molecule has 1 aliphatic heterocycles. The van der Waals surface area contributed by atoms with E-state index >= 15 is 0 Å². The number of aromatic nitrogens is 1. The molecule has 0 fully saturated rings. The highest BCUT2D eigenvalue weighted by atomic mass is 19.3. The van der Waals surface area contributed by atoms with Crippen molar-refractivity contribution >= 4 is 17.7 Å². The average molecular weight is 384 g/mol. The summed E-state index contributed by atoms with van der Waals surface area (Å²) in [6.07, 6.45) is 2.66. The molecule has 0 unspecified atom stereocenters. The van der Waals surface area contributed by atoms with Crippen molar-refractivity contribution in [3.05, 3.63) is 54.4 Å². The average Bonchev–Trinajstić information content (AvgIpc) is 2.90. The van der Waals surface area contributed by atoms with Crippen molar-refractivity contribution < 1.29 is 8.78 Å². The number of halogens is 2. The molecule has 0 bridgehead atoms. The van der Waals surface area contributed by atoms with E-state index in [0.717, 1.165) is 44.5 Å². The molecular weight excluding hydrogens is 358 g/mol. The molecule has 4 nitrogen and oxygen atoms in total. The number of nitrogens with zero attached hydrogens (tertiary/aromatic N) is 4. The quantitative estimate of drug-likeness (QED) is 0.651. The van der Waals surface area contributed by atoms with Gasteiger partial charge in [0.2, 0.25) is 0 Å². The molecule has 0 amide bonds. The van der Waals surface area contributed by atoms with E-state index in [1.807, 2.05) is 18.3 Å².